The van der Waals surface area contributed by atoms with Crippen molar-refractivity contribution in [1.29, 1.82) is 0 Å². The zero-order valence-electron chi connectivity index (χ0n) is 7.68. The van der Waals surface area contributed by atoms with Crippen molar-refractivity contribution in [3.05, 3.63) is 0 Å². The minimum Gasteiger partial charge on any atom is -0.461 e. The first-order chi connectivity index (χ1) is 4.66. The average molecular weight is 176 g/mol. The fraction of sp³-hybridized carbons (Fsp3) is 1.00. The second kappa shape index (κ2) is 6.13. The molecule has 0 aromatic carbocycles. The van der Waals surface area contributed by atoms with E-state index in [9.17, 15) is 0 Å². The Kier molecular flexibility index (Phi) is 6.37. The maximum atomic E-state index is 5.83. The van der Waals surface area contributed by atoms with Crippen LogP contribution in [0, 0.1) is 0 Å². The third kappa shape index (κ3) is 6.51. The van der Waals surface area contributed by atoms with Crippen LogP contribution < -0.4 is 0 Å². The molecule has 10 heavy (non-hydrogen) atoms. The van der Waals surface area contributed by atoms with E-state index >= 15 is 0 Å². The zero-order chi connectivity index (χ0) is 7.98. The number of rotatable bonds is 5. The van der Waals surface area contributed by atoms with Gasteiger partial charge in [0.05, 0.1) is 0 Å². The lowest BCUT2D eigenvalue weighted by molar-refractivity contribution is 0.592. The maximum absolute atomic E-state index is 5.83. The van der Waals surface area contributed by atoms with Crippen molar-refractivity contribution in [1.82, 2.24) is 0 Å². The Balaban J connectivity index is 3.16. The van der Waals surface area contributed by atoms with Crippen molar-refractivity contribution in [3.8, 4) is 0 Å². The van der Waals surface area contributed by atoms with E-state index in [0.717, 1.165) is 0 Å². The lowest BCUT2D eigenvalue weighted by atomic mass is 10.4. The summed E-state index contributed by atoms with van der Waals surface area (Å²) in [5.41, 5.74) is 0. The van der Waals surface area contributed by atoms with Crippen LogP contribution in [0.5, 0.6) is 0 Å². The third-order valence-corrected chi connectivity index (χ3v) is 6.73. The smallest absolute Gasteiger partial charge is 0.159 e. The van der Waals surface area contributed by atoms with Gasteiger partial charge in [0.15, 0.2) is 18.1 Å². The van der Waals surface area contributed by atoms with E-state index < -0.39 is 18.1 Å². The highest BCUT2D eigenvalue weighted by molar-refractivity contribution is 6.63. The second-order valence-corrected chi connectivity index (χ2v) is 8.52. The van der Waals surface area contributed by atoms with Gasteiger partial charge in [-0.05, 0) is 25.7 Å². The molecule has 0 aliphatic rings. The molecule has 0 aliphatic heterocycles. The van der Waals surface area contributed by atoms with Gasteiger partial charge in [0.25, 0.3) is 0 Å². The first-order valence-electron chi connectivity index (χ1n) is 4.32. The van der Waals surface area contributed by atoms with Gasteiger partial charge < -0.3 is 4.12 Å². The van der Waals surface area contributed by atoms with E-state index in [4.69, 9.17) is 4.12 Å². The van der Waals surface area contributed by atoms with Crippen molar-refractivity contribution in [2.24, 2.45) is 0 Å². The van der Waals surface area contributed by atoms with Crippen molar-refractivity contribution in [2.45, 2.75) is 45.5 Å². The highest BCUT2D eigenvalue weighted by Gasteiger charge is 2.05. The van der Waals surface area contributed by atoms with E-state index in [1.807, 2.05) is 0 Å². The molecule has 0 bridgehead atoms. The summed E-state index contributed by atoms with van der Waals surface area (Å²) < 4.78 is 5.83. The fourth-order valence-corrected chi connectivity index (χ4v) is 6.27. The minimum absolute atomic E-state index is 0.709. The van der Waals surface area contributed by atoms with E-state index in [2.05, 4.69) is 26.6 Å². The minimum atomic E-state index is -0.716. The maximum Gasteiger partial charge on any atom is 0.159 e. The molecule has 0 spiro atoms. The zero-order valence-corrected chi connectivity index (χ0v) is 9.99. The van der Waals surface area contributed by atoms with Gasteiger partial charge in [0.1, 0.15) is 0 Å². The summed E-state index contributed by atoms with van der Waals surface area (Å²) in [6.07, 6.45) is 2.69. The lowest BCUT2D eigenvalue weighted by Crippen LogP contribution is -2.21. The lowest BCUT2D eigenvalue weighted by Gasteiger charge is -2.13. The van der Waals surface area contributed by atoms with E-state index in [1.165, 1.54) is 18.9 Å². The van der Waals surface area contributed by atoms with Gasteiger partial charge in [-0.1, -0.05) is 19.8 Å². The van der Waals surface area contributed by atoms with Gasteiger partial charge in [-0.15, -0.1) is 0 Å². The molecule has 0 aromatic rings. The Morgan fingerprint density at radius 3 is 2.20 bits per heavy atom. The Hall–Kier alpha value is 0.394. The fourth-order valence-electron chi connectivity index (χ4n) is 1.02. The summed E-state index contributed by atoms with van der Waals surface area (Å²) >= 11 is 0. The molecule has 1 nitrogen and oxygen atoms in total. The average Bonchev–Trinajstić information content (AvgIpc) is 1.82. The van der Waals surface area contributed by atoms with Gasteiger partial charge in [-0.2, -0.15) is 0 Å². The quantitative estimate of drug-likeness (QED) is 0.583. The molecule has 0 saturated carbocycles. The molecular weight excluding hydrogens is 156 g/mol. The molecule has 0 rings (SSSR count). The second-order valence-electron chi connectivity index (χ2n) is 3.14. The molecule has 62 valence electrons. The van der Waals surface area contributed by atoms with Gasteiger partial charge in [0.2, 0.25) is 0 Å². The Morgan fingerprint density at radius 1 is 1.20 bits per heavy atom. The standard InChI is InChI=1S/C7H20OSi2/c1-5-6-7-10(4)8-9(2)3/h9-10H,5-7H2,1-4H3. The summed E-state index contributed by atoms with van der Waals surface area (Å²) in [6, 6.07) is 1.38. The highest BCUT2D eigenvalue weighted by Crippen LogP contribution is 2.03. The van der Waals surface area contributed by atoms with Crippen LogP contribution in [0.4, 0.5) is 0 Å². The van der Waals surface area contributed by atoms with Crippen LogP contribution in [0.15, 0.2) is 0 Å². The van der Waals surface area contributed by atoms with Crippen molar-refractivity contribution < 1.29 is 4.12 Å². The first-order valence-corrected chi connectivity index (χ1v) is 9.54. The van der Waals surface area contributed by atoms with Crippen LogP contribution in [0.2, 0.25) is 25.7 Å². The molecule has 0 amide bonds. The molecule has 0 saturated heterocycles. The van der Waals surface area contributed by atoms with Gasteiger partial charge in [-0.3, -0.25) is 0 Å². The summed E-state index contributed by atoms with van der Waals surface area (Å²) in [5, 5.41) is 0. The van der Waals surface area contributed by atoms with Crippen molar-refractivity contribution in [3.63, 3.8) is 0 Å². The largest absolute Gasteiger partial charge is 0.461 e. The summed E-state index contributed by atoms with van der Waals surface area (Å²) in [4.78, 5) is 0. The molecule has 3 heteroatoms. The Labute approximate surface area is 68.2 Å². The topological polar surface area (TPSA) is 9.23 Å². The Morgan fingerprint density at radius 2 is 1.80 bits per heavy atom. The molecule has 1 atom stereocenters. The van der Waals surface area contributed by atoms with Crippen LogP contribution in [0.1, 0.15) is 19.8 Å². The summed E-state index contributed by atoms with van der Waals surface area (Å²) in [7, 11) is -1.43. The van der Waals surface area contributed by atoms with Crippen LogP contribution in [0.3, 0.4) is 0 Å². The molecule has 0 radical (unpaired) electrons. The number of hydrogen-bond acceptors (Lipinski definition) is 1. The van der Waals surface area contributed by atoms with Crippen molar-refractivity contribution >= 4 is 18.1 Å². The molecule has 1 unspecified atom stereocenters. The van der Waals surface area contributed by atoms with Crippen LogP contribution >= 0.6 is 0 Å². The summed E-state index contributed by atoms with van der Waals surface area (Å²) in [6.45, 7) is 9.08. The molecule has 0 aromatic heterocycles. The first kappa shape index (κ1) is 10.4. The SMILES string of the molecule is CCCC[SiH](C)O[SiH](C)C. The van der Waals surface area contributed by atoms with Crippen LogP contribution in [-0.4, -0.2) is 18.1 Å². The predicted octanol–water partition coefficient (Wildman–Crippen LogP) is 2.14. The monoisotopic (exact) mass is 176 g/mol. The van der Waals surface area contributed by atoms with E-state index in [0.29, 0.717) is 0 Å². The van der Waals surface area contributed by atoms with E-state index in [-0.39, 0.29) is 0 Å². The van der Waals surface area contributed by atoms with Gasteiger partial charge in [-0.25, -0.2) is 0 Å². The number of hydrogen-bond donors (Lipinski definition) is 0. The molecule has 0 aliphatic carbocycles. The molecule has 0 N–H and O–H groups in total. The summed E-state index contributed by atoms with van der Waals surface area (Å²) in [5.74, 6) is 0. The number of unbranched alkanes of at least 4 members (excludes halogenated alkanes) is 1. The van der Waals surface area contributed by atoms with Gasteiger partial charge in [0, 0.05) is 0 Å². The van der Waals surface area contributed by atoms with Crippen LogP contribution in [-0.2, 0) is 4.12 Å². The third-order valence-electron chi connectivity index (χ3n) is 1.47. The molecular formula is C7H20OSi2. The van der Waals surface area contributed by atoms with Crippen molar-refractivity contribution in [2.75, 3.05) is 0 Å². The van der Waals surface area contributed by atoms with Gasteiger partial charge >= 0.3 is 0 Å². The molecule has 0 heterocycles. The predicted molar refractivity (Wildman–Crippen MR) is 52.7 cm³/mol. The Bertz CT molecular complexity index is 76.0. The normalized spacial score (nSPS) is 14.1. The highest BCUT2D eigenvalue weighted by atomic mass is 28.4. The molecule has 0 fully saturated rings. The van der Waals surface area contributed by atoms with Crippen LogP contribution in [0.25, 0.3) is 0 Å². The van der Waals surface area contributed by atoms with E-state index in [1.54, 1.807) is 0 Å².